The SMILES string of the molecule is CN1CCNCC1Cc1n[nH]c(=S)o1. The zero-order valence-corrected chi connectivity index (χ0v) is 8.93. The van der Waals surface area contributed by atoms with Crippen molar-refractivity contribution in [1.29, 1.82) is 0 Å². The molecule has 2 heterocycles. The van der Waals surface area contributed by atoms with Gasteiger partial charge in [-0.1, -0.05) is 0 Å². The maximum absolute atomic E-state index is 5.23. The van der Waals surface area contributed by atoms with Crippen LogP contribution in [0.25, 0.3) is 0 Å². The molecule has 1 aliphatic rings. The maximum Gasteiger partial charge on any atom is 0.284 e. The number of aromatic nitrogens is 2. The first-order valence-electron chi connectivity index (χ1n) is 4.71. The van der Waals surface area contributed by atoms with Crippen molar-refractivity contribution >= 4 is 12.2 Å². The van der Waals surface area contributed by atoms with Crippen molar-refractivity contribution in [2.45, 2.75) is 12.5 Å². The lowest BCUT2D eigenvalue weighted by molar-refractivity contribution is 0.190. The second-order valence-electron chi connectivity index (χ2n) is 3.55. The van der Waals surface area contributed by atoms with E-state index >= 15 is 0 Å². The Labute approximate surface area is 87.5 Å². The summed E-state index contributed by atoms with van der Waals surface area (Å²) in [5.41, 5.74) is 0. The third-order valence-electron chi connectivity index (χ3n) is 2.54. The van der Waals surface area contributed by atoms with Crippen LogP contribution in [0, 0.1) is 4.84 Å². The van der Waals surface area contributed by atoms with Crippen LogP contribution >= 0.6 is 12.2 Å². The molecule has 1 aromatic rings. The molecule has 0 spiro atoms. The normalized spacial score (nSPS) is 23.9. The average Bonchev–Trinajstić information content (AvgIpc) is 2.56. The number of rotatable bonds is 2. The molecular formula is C8H14N4OS. The molecule has 1 saturated heterocycles. The van der Waals surface area contributed by atoms with E-state index in [1.807, 2.05) is 0 Å². The maximum atomic E-state index is 5.23. The molecule has 2 rings (SSSR count). The van der Waals surface area contributed by atoms with E-state index in [0.717, 1.165) is 26.1 Å². The van der Waals surface area contributed by atoms with Gasteiger partial charge in [0.1, 0.15) is 0 Å². The van der Waals surface area contributed by atoms with Crippen LogP contribution in [0.3, 0.4) is 0 Å². The molecule has 1 aromatic heterocycles. The van der Waals surface area contributed by atoms with Gasteiger partial charge in [0.2, 0.25) is 5.89 Å². The van der Waals surface area contributed by atoms with E-state index in [0.29, 0.717) is 16.8 Å². The summed E-state index contributed by atoms with van der Waals surface area (Å²) in [5.74, 6) is 0.690. The van der Waals surface area contributed by atoms with Gasteiger partial charge in [-0.15, -0.1) is 5.10 Å². The number of H-pyrrole nitrogens is 1. The summed E-state index contributed by atoms with van der Waals surface area (Å²) in [6.07, 6.45) is 0.802. The number of hydrogen-bond acceptors (Lipinski definition) is 5. The summed E-state index contributed by atoms with van der Waals surface area (Å²) in [6, 6.07) is 0.449. The van der Waals surface area contributed by atoms with Crippen LogP contribution in [-0.4, -0.2) is 47.8 Å². The highest BCUT2D eigenvalue weighted by atomic mass is 32.1. The molecule has 14 heavy (non-hydrogen) atoms. The van der Waals surface area contributed by atoms with Crippen molar-refractivity contribution in [2.75, 3.05) is 26.7 Å². The lowest BCUT2D eigenvalue weighted by Crippen LogP contribution is -2.50. The minimum atomic E-state index is 0.353. The predicted molar refractivity (Wildman–Crippen MR) is 54.7 cm³/mol. The van der Waals surface area contributed by atoms with Gasteiger partial charge in [0.15, 0.2) is 0 Å². The predicted octanol–water partition coefficient (Wildman–Crippen LogP) is 0.178. The van der Waals surface area contributed by atoms with Crippen LogP contribution in [0.2, 0.25) is 0 Å². The fourth-order valence-electron chi connectivity index (χ4n) is 1.64. The van der Waals surface area contributed by atoms with Crippen molar-refractivity contribution in [3.05, 3.63) is 10.7 Å². The van der Waals surface area contributed by atoms with Gasteiger partial charge < -0.3 is 14.6 Å². The van der Waals surface area contributed by atoms with E-state index in [-0.39, 0.29) is 0 Å². The molecule has 0 aromatic carbocycles. The van der Waals surface area contributed by atoms with Crippen molar-refractivity contribution in [3.8, 4) is 0 Å². The Kier molecular flexibility index (Phi) is 2.95. The molecule has 0 saturated carbocycles. The van der Waals surface area contributed by atoms with Gasteiger partial charge in [-0.25, -0.2) is 5.10 Å². The molecule has 1 unspecified atom stereocenters. The molecule has 5 nitrogen and oxygen atoms in total. The van der Waals surface area contributed by atoms with Crippen molar-refractivity contribution in [3.63, 3.8) is 0 Å². The Morgan fingerprint density at radius 1 is 1.71 bits per heavy atom. The van der Waals surface area contributed by atoms with Crippen molar-refractivity contribution in [2.24, 2.45) is 0 Å². The van der Waals surface area contributed by atoms with E-state index < -0.39 is 0 Å². The van der Waals surface area contributed by atoms with Gasteiger partial charge >= 0.3 is 0 Å². The van der Waals surface area contributed by atoms with E-state index in [1.54, 1.807) is 0 Å². The Bertz CT molecular complexity index is 347. The number of piperazine rings is 1. The first kappa shape index (κ1) is 9.82. The van der Waals surface area contributed by atoms with Crippen LogP contribution < -0.4 is 5.32 Å². The molecule has 6 heteroatoms. The van der Waals surface area contributed by atoms with Crippen LogP contribution in [0.1, 0.15) is 5.89 Å². The highest BCUT2D eigenvalue weighted by Crippen LogP contribution is 2.07. The van der Waals surface area contributed by atoms with Gasteiger partial charge in [-0.2, -0.15) is 0 Å². The first-order valence-corrected chi connectivity index (χ1v) is 5.12. The number of aromatic amines is 1. The number of nitrogens with one attached hydrogen (secondary N) is 2. The highest BCUT2D eigenvalue weighted by molar-refractivity contribution is 7.71. The molecule has 0 aliphatic carbocycles. The number of hydrogen-bond donors (Lipinski definition) is 2. The highest BCUT2D eigenvalue weighted by Gasteiger charge is 2.20. The third-order valence-corrected chi connectivity index (χ3v) is 2.71. The zero-order valence-electron chi connectivity index (χ0n) is 8.12. The molecule has 78 valence electrons. The van der Waals surface area contributed by atoms with Gasteiger partial charge in [0.05, 0.1) is 0 Å². The van der Waals surface area contributed by atoms with Crippen LogP contribution in [-0.2, 0) is 6.42 Å². The fraction of sp³-hybridized carbons (Fsp3) is 0.750. The molecule has 1 aliphatic heterocycles. The lowest BCUT2D eigenvalue weighted by Gasteiger charge is -2.32. The lowest BCUT2D eigenvalue weighted by atomic mass is 10.1. The number of likely N-dealkylation sites (N-methyl/N-ethyl adjacent to an activating group) is 1. The second kappa shape index (κ2) is 4.20. The van der Waals surface area contributed by atoms with E-state index in [4.69, 9.17) is 16.6 Å². The first-order chi connectivity index (χ1) is 6.75. The Hall–Kier alpha value is -0.720. The minimum Gasteiger partial charge on any atom is -0.414 e. The quantitative estimate of drug-likeness (QED) is 0.688. The summed E-state index contributed by atoms with van der Waals surface area (Å²) >= 11 is 4.82. The summed E-state index contributed by atoms with van der Waals surface area (Å²) in [4.78, 5) is 2.66. The standard InChI is InChI=1S/C8H14N4OS/c1-12-3-2-9-5-6(12)4-7-10-11-8(14)13-7/h6,9H,2-5H2,1H3,(H,11,14). The smallest absolute Gasteiger partial charge is 0.284 e. The fourth-order valence-corrected chi connectivity index (χ4v) is 1.78. The zero-order chi connectivity index (χ0) is 9.97. The Morgan fingerprint density at radius 2 is 2.57 bits per heavy atom. The monoisotopic (exact) mass is 214 g/mol. The van der Waals surface area contributed by atoms with Gasteiger partial charge in [-0.05, 0) is 19.3 Å². The molecule has 1 atom stereocenters. The topological polar surface area (TPSA) is 57.1 Å². The summed E-state index contributed by atoms with van der Waals surface area (Å²) in [7, 11) is 2.12. The third kappa shape index (κ3) is 2.20. The minimum absolute atomic E-state index is 0.353. The summed E-state index contributed by atoms with van der Waals surface area (Å²) < 4.78 is 5.23. The van der Waals surface area contributed by atoms with Gasteiger partial charge in [0.25, 0.3) is 4.84 Å². The summed E-state index contributed by atoms with van der Waals surface area (Å²) in [5, 5.41) is 9.97. The molecule has 1 fully saturated rings. The Balaban J connectivity index is 1.99. The van der Waals surface area contributed by atoms with E-state index in [2.05, 4.69) is 27.5 Å². The molecular weight excluding hydrogens is 200 g/mol. The van der Waals surface area contributed by atoms with Gasteiger partial charge in [0, 0.05) is 32.1 Å². The second-order valence-corrected chi connectivity index (χ2v) is 3.92. The van der Waals surface area contributed by atoms with E-state index in [9.17, 15) is 0 Å². The summed E-state index contributed by atoms with van der Waals surface area (Å²) in [6.45, 7) is 3.10. The molecule has 2 N–H and O–H groups in total. The van der Waals surface area contributed by atoms with Crippen LogP contribution in [0.5, 0.6) is 0 Å². The van der Waals surface area contributed by atoms with Crippen molar-refractivity contribution in [1.82, 2.24) is 20.4 Å². The van der Waals surface area contributed by atoms with Crippen LogP contribution in [0.15, 0.2) is 4.42 Å². The molecule has 0 bridgehead atoms. The van der Waals surface area contributed by atoms with Crippen LogP contribution in [0.4, 0.5) is 0 Å². The average molecular weight is 214 g/mol. The largest absolute Gasteiger partial charge is 0.414 e. The van der Waals surface area contributed by atoms with E-state index in [1.165, 1.54) is 0 Å². The number of nitrogens with zero attached hydrogens (tertiary/aromatic N) is 2. The molecule has 0 amide bonds. The molecule has 0 radical (unpaired) electrons. The Morgan fingerprint density at radius 3 is 3.21 bits per heavy atom. The van der Waals surface area contributed by atoms with Crippen molar-refractivity contribution < 1.29 is 4.42 Å². The van der Waals surface area contributed by atoms with Gasteiger partial charge in [-0.3, -0.25) is 0 Å².